The lowest BCUT2D eigenvalue weighted by Gasteiger charge is -2.11. The Morgan fingerprint density at radius 2 is 2.00 bits per heavy atom. The van der Waals surface area contributed by atoms with E-state index in [0.717, 1.165) is 0 Å². The normalized spacial score (nSPS) is 12.6. The van der Waals surface area contributed by atoms with Crippen LogP contribution in [0, 0.1) is 0 Å². The molecule has 1 aromatic carbocycles. The van der Waals surface area contributed by atoms with Crippen LogP contribution in [0.15, 0.2) is 12.1 Å². The van der Waals surface area contributed by atoms with E-state index in [1.54, 1.807) is 19.1 Å². The molecule has 4 heteroatoms. The Kier molecular flexibility index (Phi) is 4.05. The molecule has 0 fully saturated rings. The van der Waals surface area contributed by atoms with Gasteiger partial charge >= 0.3 is 0 Å². The van der Waals surface area contributed by atoms with Crippen LogP contribution in [0.25, 0.3) is 0 Å². The molecule has 1 rings (SSSR count). The lowest BCUT2D eigenvalue weighted by molar-refractivity contribution is 0.199. The summed E-state index contributed by atoms with van der Waals surface area (Å²) in [5, 5.41) is 10.3. The first-order valence-corrected chi connectivity index (χ1v) is 5.11. The van der Waals surface area contributed by atoms with E-state index >= 15 is 0 Å². The van der Waals surface area contributed by atoms with Crippen molar-refractivity contribution in [1.82, 2.24) is 0 Å². The van der Waals surface area contributed by atoms with Crippen molar-refractivity contribution in [1.29, 1.82) is 0 Å². The van der Waals surface area contributed by atoms with Gasteiger partial charge in [-0.1, -0.05) is 23.2 Å². The van der Waals surface area contributed by atoms with Gasteiger partial charge in [-0.2, -0.15) is 0 Å². The molecule has 14 heavy (non-hydrogen) atoms. The second-order valence-electron chi connectivity index (χ2n) is 2.91. The first kappa shape index (κ1) is 11.6. The average Bonchev–Trinajstić information content (AvgIpc) is 2.10. The third kappa shape index (κ3) is 2.53. The molecule has 1 atom stereocenters. The van der Waals surface area contributed by atoms with E-state index in [1.807, 2.05) is 6.92 Å². The lowest BCUT2D eigenvalue weighted by Crippen LogP contribution is -1.96. The van der Waals surface area contributed by atoms with Crippen LogP contribution in [0.5, 0.6) is 5.75 Å². The summed E-state index contributed by atoms with van der Waals surface area (Å²) >= 11 is 11.9. The van der Waals surface area contributed by atoms with Gasteiger partial charge in [0.15, 0.2) is 0 Å². The smallest absolute Gasteiger partial charge is 0.139 e. The highest BCUT2D eigenvalue weighted by Gasteiger charge is 2.11. The summed E-state index contributed by atoms with van der Waals surface area (Å²) < 4.78 is 5.25. The maximum atomic E-state index is 9.37. The molecule has 78 valence electrons. The molecule has 0 saturated heterocycles. The van der Waals surface area contributed by atoms with E-state index < -0.39 is 6.10 Å². The quantitative estimate of drug-likeness (QED) is 0.869. The Bertz CT molecular complexity index is 324. The monoisotopic (exact) mass is 234 g/mol. The van der Waals surface area contributed by atoms with E-state index in [1.165, 1.54) is 0 Å². The minimum atomic E-state index is -0.629. The minimum Gasteiger partial charge on any atom is -0.492 e. The fourth-order valence-corrected chi connectivity index (χ4v) is 1.67. The Labute approximate surface area is 93.4 Å². The molecule has 0 bridgehead atoms. The van der Waals surface area contributed by atoms with Crippen molar-refractivity contribution in [3.63, 3.8) is 0 Å². The zero-order valence-electron chi connectivity index (χ0n) is 8.05. The third-order valence-corrected chi connectivity index (χ3v) is 2.42. The predicted molar refractivity (Wildman–Crippen MR) is 58.3 cm³/mol. The molecule has 0 saturated carbocycles. The Morgan fingerprint density at radius 3 is 2.50 bits per heavy atom. The van der Waals surface area contributed by atoms with E-state index in [4.69, 9.17) is 27.9 Å². The summed E-state index contributed by atoms with van der Waals surface area (Å²) in [5.41, 5.74) is 0.611. The van der Waals surface area contributed by atoms with Crippen LogP contribution in [-0.4, -0.2) is 11.7 Å². The van der Waals surface area contributed by atoms with Crippen LogP contribution in [0.2, 0.25) is 10.0 Å². The fraction of sp³-hybridized carbons (Fsp3) is 0.400. The largest absolute Gasteiger partial charge is 0.492 e. The molecule has 1 aromatic rings. The summed E-state index contributed by atoms with van der Waals surface area (Å²) in [5.74, 6) is 0.545. The maximum absolute atomic E-state index is 9.37. The molecular formula is C10H12Cl2O2. The lowest BCUT2D eigenvalue weighted by atomic mass is 10.1. The molecule has 0 radical (unpaired) electrons. The highest BCUT2D eigenvalue weighted by Crippen LogP contribution is 2.33. The molecule has 0 unspecified atom stereocenters. The first-order valence-electron chi connectivity index (χ1n) is 4.36. The van der Waals surface area contributed by atoms with Gasteiger partial charge in [-0.15, -0.1) is 0 Å². The summed E-state index contributed by atoms with van der Waals surface area (Å²) in [4.78, 5) is 0. The van der Waals surface area contributed by atoms with Crippen LogP contribution in [0.3, 0.4) is 0 Å². The molecular weight excluding hydrogens is 223 g/mol. The number of hydrogen-bond donors (Lipinski definition) is 1. The van der Waals surface area contributed by atoms with E-state index in [9.17, 15) is 5.11 Å². The van der Waals surface area contributed by atoms with Crippen molar-refractivity contribution in [2.45, 2.75) is 20.0 Å². The third-order valence-electron chi connectivity index (χ3n) is 1.80. The highest BCUT2D eigenvalue weighted by molar-refractivity contribution is 6.34. The Morgan fingerprint density at radius 1 is 1.36 bits per heavy atom. The number of hydrogen-bond acceptors (Lipinski definition) is 2. The SMILES string of the molecule is CCOc1cc(Cl)c([C@@H](C)O)cc1Cl. The molecule has 0 aromatic heterocycles. The van der Waals surface area contributed by atoms with Crippen LogP contribution in [0.1, 0.15) is 25.5 Å². The molecule has 0 aliphatic heterocycles. The predicted octanol–water partition coefficient (Wildman–Crippen LogP) is 3.45. The van der Waals surface area contributed by atoms with Crippen LogP contribution < -0.4 is 4.74 Å². The van der Waals surface area contributed by atoms with Gasteiger partial charge in [-0.05, 0) is 19.9 Å². The summed E-state index contributed by atoms with van der Waals surface area (Å²) in [6.07, 6.45) is -0.629. The molecule has 0 spiro atoms. The van der Waals surface area contributed by atoms with Crippen molar-refractivity contribution in [3.05, 3.63) is 27.7 Å². The molecule has 0 aliphatic rings. The number of aliphatic hydroxyl groups excluding tert-OH is 1. The van der Waals surface area contributed by atoms with Gasteiger partial charge in [-0.25, -0.2) is 0 Å². The summed E-state index contributed by atoms with van der Waals surface area (Å²) in [6, 6.07) is 3.25. The van der Waals surface area contributed by atoms with Gasteiger partial charge in [-0.3, -0.25) is 0 Å². The van der Waals surface area contributed by atoms with E-state index in [2.05, 4.69) is 0 Å². The second-order valence-corrected chi connectivity index (χ2v) is 3.73. The zero-order valence-corrected chi connectivity index (χ0v) is 9.56. The summed E-state index contributed by atoms with van der Waals surface area (Å²) in [6.45, 7) is 4.04. The second kappa shape index (κ2) is 4.87. The minimum absolute atomic E-state index is 0.465. The van der Waals surface area contributed by atoms with Crippen molar-refractivity contribution in [2.75, 3.05) is 6.61 Å². The van der Waals surface area contributed by atoms with Gasteiger partial charge in [0.05, 0.1) is 22.8 Å². The van der Waals surface area contributed by atoms with Crippen LogP contribution in [0.4, 0.5) is 0 Å². The number of rotatable bonds is 3. The van der Waals surface area contributed by atoms with Crippen LogP contribution in [-0.2, 0) is 0 Å². The van der Waals surface area contributed by atoms with Crippen molar-refractivity contribution in [3.8, 4) is 5.75 Å². The molecule has 0 heterocycles. The zero-order chi connectivity index (χ0) is 10.7. The van der Waals surface area contributed by atoms with Crippen molar-refractivity contribution < 1.29 is 9.84 Å². The molecule has 1 N–H and O–H groups in total. The molecule has 2 nitrogen and oxygen atoms in total. The maximum Gasteiger partial charge on any atom is 0.139 e. The standard InChI is InChI=1S/C10H12Cl2O2/c1-3-14-10-5-8(11)7(6(2)13)4-9(10)12/h4-6,13H,3H2,1-2H3/t6-/m1/s1. The van der Waals surface area contributed by atoms with Crippen molar-refractivity contribution in [2.24, 2.45) is 0 Å². The average molecular weight is 235 g/mol. The first-order chi connectivity index (χ1) is 6.56. The van der Waals surface area contributed by atoms with Gasteiger partial charge in [0.25, 0.3) is 0 Å². The van der Waals surface area contributed by atoms with Gasteiger partial charge in [0.2, 0.25) is 0 Å². The van der Waals surface area contributed by atoms with Gasteiger partial charge in [0, 0.05) is 11.6 Å². The van der Waals surface area contributed by atoms with Crippen molar-refractivity contribution >= 4 is 23.2 Å². The summed E-state index contributed by atoms with van der Waals surface area (Å²) in [7, 11) is 0. The van der Waals surface area contributed by atoms with Gasteiger partial charge < -0.3 is 9.84 Å². The number of aliphatic hydroxyl groups is 1. The van der Waals surface area contributed by atoms with Crippen LogP contribution >= 0.6 is 23.2 Å². The van der Waals surface area contributed by atoms with Gasteiger partial charge in [0.1, 0.15) is 5.75 Å². The number of ether oxygens (including phenoxy) is 1. The number of benzene rings is 1. The van der Waals surface area contributed by atoms with E-state index in [0.29, 0.717) is 28.0 Å². The van der Waals surface area contributed by atoms with E-state index in [-0.39, 0.29) is 0 Å². The highest BCUT2D eigenvalue weighted by atomic mass is 35.5. The Hall–Kier alpha value is -0.440. The Balaban J connectivity index is 3.10. The fourth-order valence-electron chi connectivity index (χ4n) is 1.13. The molecule has 0 amide bonds. The molecule has 0 aliphatic carbocycles. The number of halogens is 2. The topological polar surface area (TPSA) is 29.5 Å².